The molecular formula is C22H26BrNO4S. The Kier molecular flexibility index (Phi) is 6.63. The Bertz CT molecular complexity index is 871. The zero-order valence-electron chi connectivity index (χ0n) is 17.0. The minimum absolute atomic E-state index is 0.0431. The minimum atomic E-state index is -1.41. The van der Waals surface area contributed by atoms with Crippen LogP contribution < -0.4 is 9.46 Å². The number of benzene rings is 2. The highest BCUT2D eigenvalue weighted by Crippen LogP contribution is 2.48. The van der Waals surface area contributed by atoms with Gasteiger partial charge in [0.15, 0.2) is 0 Å². The summed E-state index contributed by atoms with van der Waals surface area (Å²) in [7, 11) is 1.37. The van der Waals surface area contributed by atoms with Gasteiger partial charge < -0.3 is 14.0 Å². The summed E-state index contributed by atoms with van der Waals surface area (Å²) >= 11 is 2.11. The highest BCUT2D eigenvalue weighted by Gasteiger charge is 2.49. The topological polar surface area (TPSA) is 70.6 Å². The van der Waals surface area contributed by atoms with E-state index in [1.165, 1.54) is 7.11 Å². The van der Waals surface area contributed by atoms with Gasteiger partial charge >= 0.3 is 5.97 Å². The fourth-order valence-corrected chi connectivity index (χ4v) is 4.69. The van der Waals surface area contributed by atoms with Crippen molar-refractivity contribution < 1.29 is 18.8 Å². The second-order valence-electron chi connectivity index (χ2n) is 8.18. The van der Waals surface area contributed by atoms with Crippen LogP contribution in [0, 0.1) is 0 Å². The van der Waals surface area contributed by atoms with Crippen LogP contribution in [0.3, 0.4) is 0 Å². The van der Waals surface area contributed by atoms with Gasteiger partial charge in [-0.05, 0) is 44.5 Å². The summed E-state index contributed by atoms with van der Waals surface area (Å²) in [4.78, 5) is 12.4. The lowest BCUT2D eigenvalue weighted by Gasteiger charge is -2.43. The van der Waals surface area contributed by atoms with E-state index < -0.39 is 21.6 Å². The summed E-state index contributed by atoms with van der Waals surface area (Å²) in [5, 5.41) is 0. The van der Waals surface area contributed by atoms with Gasteiger partial charge in [0.05, 0.1) is 13.5 Å². The van der Waals surface area contributed by atoms with Crippen LogP contribution in [0.5, 0.6) is 5.75 Å². The first-order valence-electron chi connectivity index (χ1n) is 9.43. The summed E-state index contributed by atoms with van der Waals surface area (Å²) in [5.74, 6) is 0.290. The average molecular weight is 480 g/mol. The van der Waals surface area contributed by atoms with Gasteiger partial charge in [-0.3, -0.25) is 4.79 Å². The number of carbonyl (C=O) groups excluding carboxylic acids is 1. The number of methoxy groups -OCH3 is 1. The number of nitrogens with one attached hydrogen (secondary N) is 1. The monoisotopic (exact) mass is 479 g/mol. The molecule has 3 unspecified atom stereocenters. The zero-order chi connectivity index (χ0) is 21.2. The number of hydrogen-bond donors (Lipinski definition) is 1. The van der Waals surface area contributed by atoms with E-state index in [1.807, 2.05) is 69.3 Å². The van der Waals surface area contributed by atoms with Crippen LogP contribution in [0.2, 0.25) is 0 Å². The molecule has 3 rings (SSSR count). The van der Waals surface area contributed by atoms with Gasteiger partial charge in [-0.15, -0.1) is 4.72 Å². The fraction of sp³-hybridized carbons (Fsp3) is 0.409. The Morgan fingerprint density at radius 1 is 1.31 bits per heavy atom. The maximum atomic E-state index is 13.1. The molecular weight excluding hydrogens is 454 g/mol. The van der Waals surface area contributed by atoms with E-state index in [1.54, 1.807) is 0 Å². The normalized spacial score (nSPS) is 22.3. The van der Waals surface area contributed by atoms with Crippen LogP contribution in [0.25, 0.3) is 0 Å². The van der Waals surface area contributed by atoms with E-state index in [-0.39, 0.29) is 18.5 Å². The molecule has 0 aliphatic carbocycles. The quantitative estimate of drug-likeness (QED) is 0.493. The molecule has 1 aliphatic heterocycles. The molecule has 1 heterocycles. The molecule has 29 heavy (non-hydrogen) atoms. The standard InChI is InChI=1S/C22H26BrNO4S/c1-21(2,3)29(26)24-22(14-20(25)27-4)13-19(15-8-6-5-7-9-15)28-18-11-10-16(23)12-17(18)22/h5-12,19,24H,13-14H2,1-4H3. The maximum absolute atomic E-state index is 13.1. The third-order valence-corrected chi connectivity index (χ3v) is 7.13. The molecule has 5 nitrogen and oxygen atoms in total. The van der Waals surface area contributed by atoms with Crippen molar-refractivity contribution in [1.29, 1.82) is 0 Å². The Labute approximate surface area is 183 Å². The van der Waals surface area contributed by atoms with Crippen LogP contribution >= 0.6 is 15.9 Å². The lowest BCUT2D eigenvalue weighted by Crippen LogP contribution is -2.54. The second kappa shape index (κ2) is 8.68. The summed E-state index contributed by atoms with van der Waals surface area (Å²) in [6.07, 6.45) is 0.192. The third-order valence-electron chi connectivity index (χ3n) is 4.95. The van der Waals surface area contributed by atoms with Crippen molar-refractivity contribution in [1.82, 2.24) is 4.72 Å². The molecule has 0 bridgehead atoms. The zero-order valence-corrected chi connectivity index (χ0v) is 19.4. The van der Waals surface area contributed by atoms with Gasteiger partial charge in [0, 0.05) is 27.8 Å². The first kappa shape index (κ1) is 22.2. The van der Waals surface area contributed by atoms with E-state index in [2.05, 4.69) is 20.7 Å². The SMILES string of the molecule is COC(=O)CC1(N[S+]([O-])C(C)(C)C)CC(c2ccccc2)Oc2ccc(Br)cc21. The molecule has 7 heteroatoms. The summed E-state index contributed by atoms with van der Waals surface area (Å²) in [5.41, 5.74) is 0.893. The number of ether oxygens (including phenoxy) is 2. The smallest absolute Gasteiger partial charge is 0.307 e. The molecule has 0 amide bonds. The van der Waals surface area contributed by atoms with Gasteiger partial charge in [-0.25, -0.2) is 0 Å². The van der Waals surface area contributed by atoms with Crippen molar-refractivity contribution in [3.05, 3.63) is 64.1 Å². The number of hydrogen-bond acceptors (Lipinski definition) is 5. The maximum Gasteiger partial charge on any atom is 0.307 e. The van der Waals surface area contributed by atoms with Crippen LogP contribution in [0.4, 0.5) is 0 Å². The summed E-state index contributed by atoms with van der Waals surface area (Å²) < 4.78 is 28.1. The Morgan fingerprint density at radius 2 is 2.00 bits per heavy atom. The molecule has 2 aromatic rings. The highest BCUT2D eigenvalue weighted by atomic mass is 79.9. The molecule has 1 N–H and O–H groups in total. The second-order valence-corrected chi connectivity index (χ2v) is 11.1. The Balaban J connectivity index is 2.13. The molecule has 0 fully saturated rings. The summed E-state index contributed by atoms with van der Waals surface area (Å²) in [6.45, 7) is 5.70. The summed E-state index contributed by atoms with van der Waals surface area (Å²) in [6, 6.07) is 15.6. The van der Waals surface area contributed by atoms with Crippen LogP contribution in [-0.2, 0) is 26.4 Å². The third kappa shape index (κ3) is 4.97. The average Bonchev–Trinajstić information content (AvgIpc) is 2.68. The van der Waals surface area contributed by atoms with E-state index in [0.717, 1.165) is 15.6 Å². The van der Waals surface area contributed by atoms with E-state index in [0.29, 0.717) is 12.2 Å². The number of carbonyl (C=O) groups is 1. The fourth-order valence-electron chi connectivity index (χ4n) is 3.40. The van der Waals surface area contributed by atoms with Crippen LogP contribution in [0.1, 0.15) is 50.8 Å². The highest BCUT2D eigenvalue weighted by molar-refractivity contribution is 9.10. The van der Waals surface area contributed by atoms with E-state index in [9.17, 15) is 9.35 Å². The van der Waals surface area contributed by atoms with Crippen molar-refractivity contribution in [2.24, 2.45) is 0 Å². The number of fused-ring (bicyclic) bond motifs is 1. The molecule has 1 aliphatic rings. The van der Waals surface area contributed by atoms with Crippen molar-refractivity contribution in [3.63, 3.8) is 0 Å². The lowest BCUT2D eigenvalue weighted by molar-refractivity contribution is -0.142. The van der Waals surface area contributed by atoms with Crippen LogP contribution in [-0.4, -0.2) is 22.4 Å². The van der Waals surface area contributed by atoms with Gasteiger partial charge in [0.1, 0.15) is 22.1 Å². The minimum Gasteiger partial charge on any atom is -0.598 e. The van der Waals surface area contributed by atoms with Gasteiger partial charge in [-0.1, -0.05) is 46.3 Å². The molecule has 0 spiro atoms. The van der Waals surface area contributed by atoms with Gasteiger partial charge in [-0.2, -0.15) is 0 Å². The largest absolute Gasteiger partial charge is 0.598 e. The van der Waals surface area contributed by atoms with E-state index in [4.69, 9.17) is 9.47 Å². The van der Waals surface area contributed by atoms with Crippen molar-refractivity contribution >= 4 is 33.3 Å². The van der Waals surface area contributed by atoms with Gasteiger partial charge in [0.2, 0.25) is 0 Å². The first-order chi connectivity index (χ1) is 13.6. The van der Waals surface area contributed by atoms with E-state index >= 15 is 0 Å². The lowest BCUT2D eigenvalue weighted by atomic mass is 9.78. The molecule has 156 valence electrons. The molecule has 0 saturated heterocycles. The Hall–Kier alpha value is -1.54. The predicted molar refractivity (Wildman–Crippen MR) is 118 cm³/mol. The van der Waals surface area contributed by atoms with Crippen molar-refractivity contribution in [2.75, 3.05) is 7.11 Å². The van der Waals surface area contributed by atoms with Crippen LogP contribution in [0.15, 0.2) is 53.0 Å². The number of esters is 1. The predicted octanol–water partition coefficient (Wildman–Crippen LogP) is 4.78. The molecule has 0 radical (unpaired) electrons. The first-order valence-corrected chi connectivity index (χ1v) is 11.4. The Morgan fingerprint density at radius 3 is 2.62 bits per heavy atom. The molecule has 0 aromatic heterocycles. The number of rotatable bonds is 5. The van der Waals surface area contributed by atoms with Gasteiger partial charge in [0.25, 0.3) is 0 Å². The molecule has 2 aromatic carbocycles. The number of halogens is 1. The molecule has 0 saturated carbocycles. The van der Waals surface area contributed by atoms with Crippen molar-refractivity contribution in [3.8, 4) is 5.75 Å². The molecule has 3 atom stereocenters. The van der Waals surface area contributed by atoms with Crippen molar-refractivity contribution in [2.45, 2.75) is 50.0 Å².